The number of piperidine rings is 1. The molecule has 1 aromatic carbocycles. The maximum atomic E-state index is 13.9. The van der Waals surface area contributed by atoms with Crippen LogP contribution in [0.5, 0.6) is 0 Å². The van der Waals surface area contributed by atoms with E-state index in [0.29, 0.717) is 35.1 Å². The molecule has 0 saturated carbocycles. The molecule has 2 aromatic heterocycles. The van der Waals surface area contributed by atoms with E-state index in [4.69, 9.17) is 4.42 Å². The molecule has 2 unspecified atom stereocenters. The molecule has 0 radical (unpaired) electrons. The Bertz CT molecular complexity index is 1090. The number of aliphatic hydroxyl groups is 1. The Hall–Kier alpha value is -3.07. The first kappa shape index (κ1) is 21.2. The van der Waals surface area contributed by atoms with Gasteiger partial charge in [-0.25, -0.2) is 9.37 Å². The minimum Gasteiger partial charge on any atom is -0.445 e. The molecular weight excluding hydrogens is 401 g/mol. The molecule has 4 rings (SSSR count). The fourth-order valence-corrected chi connectivity index (χ4v) is 4.10. The molecule has 1 N–H and O–H groups in total. The monoisotopic (exact) mass is 427 g/mol. The lowest BCUT2D eigenvalue weighted by atomic mass is 9.92. The van der Waals surface area contributed by atoms with Crippen LogP contribution < -0.4 is 0 Å². The number of benzene rings is 1. The van der Waals surface area contributed by atoms with Gasteiger partial charge < -0.3 is 14.4 Å². The number of hydrogen-bond acceptors (Lipinski definition) is 6. The van der Waals surface area contributed by atoms with E-state index in [1.54, 1.807) is 25.7 Å². The summed E-state index contributed by atoms with van der Waals surface area (Å²) in [5.74, 6) is 0.303. The van der Waals surface area contributed by atoms with Crippen LogP contribution in [0.15, 0.2) is 35.0 Å². The fraction of sp³-hybridized carbons (Fsp3) is 0.455. The second kappa shape index (κ2) is 7.88. The van der Waals surface area contributed by atoms with Crippen LogP contribution >= 0.6 is 0 Å². The summed E-state index contributed by atoms with van der Waals surface area (Å²) in [5.41, 5.74) is 0.0133. The molecule has 3 heterocycles. The van der Waals surface area contributed by atoms with E-state index in [0.717, 1.165) is 12.8 Å². The molecule has 9 heteroatoms. The largest absolute Gasteiger partial charge is 0.445 e. The van der Waals surface area contributed by atoms with Gasteiger partial charge in [-0.1, -0.05) is 0 Å². The number of carbonyl (C=O) groups excluding carboxylic acids is 1. The molecule has 164 valence electrons. The number of likely N-dealkylation sites (tertiary alicyclic amines) is 1. The van der Waals surface area contributed by atoms with Crippen LogP contribution in [-0.2, 0) is 5.60 Å². The van der Waals surface area contributed by atoms with Gasteiger partial charge >= 0.3 is 0 Å². The summed E-state index contributed by atoms with van der Waals surface area (Å²) in [6.45, 7) is 7.51. The van der Waals surface area contributed by atoms with Crippen LogP contribution in [0.2, 0.25) is 0 Å². The Morgan fingerprint density at radius 3 is 2.61 bits per heavy atom. The highest BCUT2D eigenvalue weighted by Crippen LogP contribution is 2.34. The number of aryl methyl sites for hydroxylation is 1. The molecular formula is C22H26FN5O3. The van der Waals surface area contributed by atoms with Gasteiger partial charge in [0.1, 0.15) is 28.6 Å². The quantitative estimate of drug-likeness (QED) is 0.686. The van der Waals surface area contributed by atoms with E-state index < -0.39 is 11.4 Å². The van der Waals surface area contributed by atoms with Crippen molar-refractivity contribution in [1.82, 2.24) is 24.9 Å². The first-order valence-electron chi connectivity index (χ1n) is 10.3. The molecule has 3 aromatic rings. The third kappa shape index (κ3) is 4.10. The first-order chi connectivity index (χ1) is 14.6. The van der Waals surface area contributed by atoms with E-state index in [-0.39, 0.29) is 17.9 Å². The van der Waals surface area contributed by atoms with E-state index in [1.165, 1.54) is 35.4 Å². The van der Waals surface area contributed by atoms with Crippen LogP contribution in [0.25, 0.3) is 5.69 Å². The molecule has 8 nitrogen and oxygen atoms in total. The minimum atomic E-state index is -1.11. The van der Waals surface area contributed by atoms with Crippen molar-refractivity contribution in [3.05, 3.63) is 59.3 Å². The fourth-order valence-electron chi connectivity index (χ4n) is 4.10. The summed E-state index contributed by atoms with van der Waals surface area (Å²) in [4.78, 5) is 21.0. The van der Waals surface area contributed by atoms with Crippen molar-refractivity contribution in [2.75, 3.05) is 6.54 Å². The van der Waals surface area contributed by atoms with E-state index >= 15 is 0 Å². The van der Waals surface area contributed by atoms with Crippen molar-refractivity contribution in [2.24, 2.45) is 0 Å². The Morgan fingerprint density at radius 2 is 1.97 bits per heavy atom. The molecule has 1 aliphatic heterocycles. The Labute approximate surface area is 179 Å². The second-order valence-corrected chi connectivity index (χ2v) is 8.58. The molecule has 0 aliphatic carbocycles. The zero-order chi connectivity index (χ0) is 22.3. The zero-order valence-electron chi connectivity index (χ0n) is 18.0. The van der Waals surface area contributed by atoms with Crippen molar-refractivity contribution in [1.29, 1.82) is 0 Å². The van der Waals surface area contributed by atoms with Gasteiger partial charge in [-0.15, -0.1) is 0 Å². The summed E-state index contributed by atoms with van der Waals surface area (Å²) in [6.07, 6.45) is 4.53. The number of amides is 1. The topological polar surface area (TPSA) is 97.3 Å². The predicted molar refractivity (Wildman–Crippen MR) is 110 cm³/mol. The predicted octanol–water partition coefficient (Wildman–Crippen LogP) is 3.34. The lowest BCUT2D eigenvalue weighted by molar-refractivity contribution is 0.0594. The third-order valence-electron chi connectivity index (χ3n) is 5.71. The van der Waals surface area contributed by atoms with Gasteiger partial charge in [0.15, 0.2) is 5.89 Å². The SMILES string of the molecule is Cc1oc(C2CCC(C)N(C(=O)c3ccc(F)cc3-n3nccn3)C2)nc1C(C)(C)O. The van der Waals surface area contributed by atoms with Gasteiger partial charge in [-0.2, -0.15) is 15.0 Å². The number of aromatic nitrogens is 4. The van der Waals surface area contributed by atoms with Crippen LogP contribution in [0, 0.1) is 12.7 Å². The van der Waals surface area contributed by atoms with Crippen LogP contribution in [-0.4, -0.2) is 48.5 Å². The summed E-state index contributed by atoms with van der Waals surface area (Å²) < 4.78 is 19.8. The second-order valence-electron chi connectivity index (χ2n) is 8.58. The molecule has 31 heavy (non-hydrogen) atoms. The maximum Gasteiger partial charge on any atom is 0.256 e. The first-order valence-corrected chi connectivity index (χ1v) is 10.3. The van der Waals surface area contributed by atoms with Crippen molar-refractivity contribution in [3.63, 3.8) is 0 Å². The average molecular weight is 427 g/mol. The average Bonchev–Trinajstić information content (AvgIpc) is 3.37. The lowest BCUT2D eigenvalue weighted by Crippen LogP contribution is -2.45. The summed E-state index contributed by atoms with van der Waals surface area (Å²) in [7, 11) is 0. The molecule has 2 atom stereocenters. The van der Waals surface area contributed by atoms with Crippen LogP contribution in [0.1, 0.15) is 67.2 Å². The number of hydrogen-bond donors (Lipinski definition) is 1. The maximum absolute atomic E-state index is 13.9. The molecule has 1 amide bonds. The molecule has 1 fully saturated rings. The number of halogens is 1. The summed E-state index contributed by atoms with van der Waals surface area (Å²) in [5, 5.41) is 18.4. The lowest BCUT2D eigenvalue weighted by Gasteiger charge is -2.37. The van der Waals surface area contributed by atoms with E-state index in [1.807, 2.05) is 6.92 Å². The van der Waals surface area contributed by atoms with Gasteiger partial charge in [-0.05, 0) is 52.7 Å². The standard InChI is InChI=1S/C22H26FN5O3/c1-13-5-6-15(20-26-19(14(2)31-20)22(3,4)30)12-27(13)21(29)17-8-7-16(23)11-18(17)28-24-9-10-25-28/h7-11,13,15,30H,5-6,12H2,1-4H3. The van der Waals surface area contributed by atoms with Gasteiger partial charge in [0, 0.05) is 18.7 Å². The highest BCUT2D eigenvalue weighted by atomic mass is 19.1. The van der Waals surface area contributed by atoms with Crippen molar-refractivity contribution < 1.29 is 18.7 Å². The molecule has 0 spiro atoms. The van der Waals surface area contributed by atoms with Crippen molar-refractivity contribution in [2.45, 2.75) is 58.1 Å². The van der Waals surface area contributed by atoms with Gasteiger partial charge in [0.25, 0.3) is 5.91 Å². The molecule has 0 bridgehead atoms. The van der Waals surface area contributed by atoms with Gasteiger partial charge in [0.2, 0.25) is 0 Å². The normalized spacial score (nSPS) is 19.6. The van der Waals surface area contributed by atoms with Crippen molar-refractivity contribution in [3.8, 4) is 5.69 Å². The number of carbonyl (C=O) groups is 1. The Kier molecular flexibility index (Phi) is 5.38. The van der Waals surface area contributed by atoms with Gasteiger partial charge in [0.05, 0.1) is 23.9 Å². The van der Waals surface area contributed by atoms with Gasteiger partial charge in [-0.3, -0.25) is 4.79 Å². The van der Waals surface area contributed by atoms with Crippen LogP contribution in [0.4, 0.5) is 4.39 Å². The van der Waals surface area contributed by atoms with E-state index in [2.05, 4.69) is 15.2 Å². The smallest absolute Gasteiger partial charge is 0.256 e. The highest BCUT2D eigenvalue weighted by Gasteiger charge is 2.35. The van der Waals surface area contributed by atoms with E-state index in [9.17, 15) is 14.3 Å². The van der Waals surface area contributed by atoms with Crippen LogP contribution in [0.3, 0.4) is 0 Å². The third-order valence-corrected chi connectivity index (χ3v) is 5.71. The minimum absolute atomic E-state index is 0.00274. The summed E-state index contributed by atoms with van der Waals surface area (Å²) in [6, 6.07) is 3.98. The number of nitrogens with zero attached hydrogens (tertiary/aromatic N) is 5. The number of rotatable bonds is 4. The number of oxazole rings is 1. The highest BCUT2D eigenvalue weighted by molar-refractivity contribution is 5.98. The summed E-state index contributed by atoms with van der Waals surface area (Å²) >= 11 is 0. The molecule has 1 aliphatic rings. The van der Waals surface area contributed by atoms with Crippen molar-refractivity contribution >= 4 is 5.91 Å². The Balaban J connectivity index is 1.64. The molecule has 1 saturated heterocycles. The Morgan fingerprint density at radius 1 is 1.26 bits per heavy atom. The zero-order valence-corrected chi connectivity index (χ0v) is 18.0.